The van der Waals surface area contributed by atoms with Crippen molar-refractivity contribution in [2.75, 3.05) is 0 Å². The second kappa shape index (κ2) is 5.93. The van der Waals surface area contributed by atoms with Gasteiger partial charge >= 0.3 is 0 Å². The topological polar surface area (TPSA) is 55.0 Å². The first-order valence-corrected chi connectivity index (χ1v) is 7.10. The molecule has 3 rings (SSSR count). The molecule has 0 aliphatic rings. The minimum Gasteiger partial charge on any atom is -0.457 e. The lowest BCUT2D eigenvalue weighted by atomic mass is 10.2. The molecule has 0 atom stereocenters. The highest BCUT2D eigenvalue weighted by atomic mass is 79.9. The van der Waals surface area contributed by atoms with Crippen LogP contribution in [0.4, 0.5) is 0 Å². The van der Waals surface area contributed by atoms with Crippen molar-refractivity contribution in [3.8, 4) is 22.9 Å². The van der Waals surface area contributed by atoms with Gasteiger partial charge in [-0.1, -0.05) is 30.3 Å². The molecule has 3 aromatic rings. The minimum atomic E-state index is -0.214. The van der Waals surface area contributed by atoms with Crippen LogP contribution in [0.3, 0.4) is 0 Å². The van der Waals surface area contributed by atoms with E-state index in [1.54, 1.807) is 0 Å². The predicted octanol–water partition coefficient (Wildman–Crippen LogP) is 3.99. The zero-order valence-corrected chi connectivity index (χ0v) is 12.5. The monoisotopic (exact) mass is 342 g/mol. The van der Waals surface area contributed by atoms with Crippen LogP contribution in [0.5, 0.6) is 11.5 Å². The van der Waals surface area contributed by atoms with Gasteiger partial charge in [-0.25, -0.2) is 4.98 Å². The molecule has 1 heterocycles. The number of halogens is 1. The van der Waals surface area contributed by atoms with E-state index in [1.807, 2.05) is 54.6 Å². The zero-order valence-electron chi connectivity index (χ0n) is 10.9. The molecule has 0 saturated heterocycles. The van der Waals surface area contributed by atoms with Gasteiger partial charge in [0, 0.05) is 11.8 Å². The molecule has 0 spiro atoms. The Bertz CT molecular complexity index is 816. The van der Waals surface area contributed by atoms with Crippen molar-refractivity contribution in [1.82, 2.24) is 9.97 Å². The van der Waals surface area contributed by atoms with E-state index in [9.17, 15) is 4.79 Å². The maximum absolute atomic E-state index is 11.6. The molecule has 0 aliphatic heterocycles. The van der Waals surface area contributed by atoms with E-state index in [4.69, 9.17) is 4.74 Å². The number of rotatable bonds is 3. The van der Waals surface area contributed by atoms with Crippen molar-refractivity contribution in [2.24, 2.45) is 0 Å². The fraction of sp³-hybridized carbons (Fsp3) is 0. The maximum atomic E-state index is 11.6. The summed E-state index contributed by atoms with van der Waals surface area (Å²) < 4.78 is 6.17. The predicted molar refractivity (Wildman–Crippen MR) is 84.5 cm³/mol. The summed E-state index contributed by atoms with van der Waals surface area (Å²) in [6.45, 7) is 0. The second-order valence-electron chi connectivity index (χ2n) is 4.35. The van der Waals surface area contributed by atoms with Gasteiger partial charge in [0.2, 0.25) is 0 Å². The average molecular weight is 343 g/mol. The zero-order chi connectivity index (χ0) is 14.7. The number of para-hydroxylation sites is 1. The van der Waals surface area contributed by atoms with Crippen molar-refractivity contribution >= 4 is 15.9 Å². The Morgan fingerprint density at radius 3 is 2.52 bits per heavy atom. The summed E-state index contributed by atoms with van der Waals surface area (Å²) in [6.07, 6.45) is 1.49. The van der Waals surface area contributed by atoms with Gasteiger partial charge in [0.1, 0.15) is 21.8 Å². The van der Waals surface area contributed by atoms with E-state index in [2.05, 4.69) is 25.9 Å². The standard InChI is InChI=1S/C16H11BrN2O2/c17-14-10-18-15(19-16(14)20)11-5-4-8-13(9-11)21-12-6-2-1-3-7-12/h1-10H,(H,18,19,20). The number of aromatic amines is 1. The molecular weight excluding hydrogens is 332 g/mol. The summed E-state index contributed by atoms with van der Waals surface area (Å²) in [7, 11) is 0. The van der Waals surface area contributed by atoms with Crippen LogP contribution in [-0.2, 0) is 0 Å². The van der Waals surface area contributed by atoms with Crippen LogP contribution in [0, 0.1) is 0 Å². The molecule has 5 heteroatoms. The van der Waals surface area contributed by atoms with Gasteiger partial charge in [-0.05, 0) is 40.2 Å². The molecular formula is C16H11BrN2O2. The summed E-state index contributed by atoms with van der Waals surface area (Å²) in [5, 5.41) is 0. The fourth-order valence-electron chi connectivity index (χ4n) is 1.86. The number of nitrogens with zero attached hydrogens (tertiary/aromatic N) is 1. The Balaban J connectivity index is 1.92. The normalized spacial score (nSPS) is 10.3. The third-order valence-electron chi connectivity index (χ3n) is 2.84. The van der Waals surface area contributed by atoms with Crippen molar-refractivity contribution in [2.45, 2.75) is 0 Å². The largest absolute Gasteiger partial charge is 0.457 e. The van der Waals surface area contributed by atoms with Gasteiger partial charge in [-0.2, -0.15) is 0 Å². The van der Waals surface area contributed by atoms with Crippen molar-refractivity contribution in [1.29, 1.82) is 0 Å². The number of hydrogen-bond donors (Lipinski definition) is 1. The number of benzene rings is 2. The summed E-state index contributed by atoms with van der Waals surface area (Å²) in [4.78, 5) is 18.5. The number of aromatic nitrogens is 2. The van der Waals surface area contributed by atoms with Crippen molar-refractivity contribution < 1.29 is 4.74 Å². The Kier molecular flexibility index (Phi) is 3.83. The summed E-state index contributed by atoms with van der Waals surface area (Å²) in [5.74, 6) is 1.94. The third kappa shape index (κ3) is 3.20. The van der Waals surface area contributed by atoms with Gasteiger partial charge in [0.25, 0.3) is 5.56 Å². The van der Waals surface area contributed by atoms with Crippen molar-refractivity contribution in [3.63, 3.8) is 0 Å². The number of nitrogens with one attached hydrogen (secondary N) is 1. The van der Waals surface area contributed by atoms with Gasteiger partial charge in [0.15, 0.2) is 0 Å². The lowest BCUT2D eigenvalue weighted by Crippen LogP contribution is -2.08. The first kappa shape index (κ1) is 13.6. The van der Waals surface area contributed by atoms with E-state index in [-0.39, 0.29) is 5.56 Å². The highest BCUT2D eigenvalue weighted by molar-refractivity contribution is 9.10. The fourth-order valence-corrected chi connectivity index (χ4v) is 2.06. The molecule has 1 aromatic heterocycles. The van der Waals surface area contributed by atoms with Crippen LogP contribution in [0.25, 0.3) is 11.4 Å². The van der Waals surface area contributed by atoms with Gasteiger partial charge in [-0.3, -0.25) is 4.79 Å². The molecule has 0 bridgehead atoms. The second-order valence-corrected chi connectivity index (χ2v) is 5.21. The quantitative estimate of drug-likeness (QED) is 0.782. The van der Waals surface area contributed by atoms with Crippen LogP contribution in [0.2, 0.25) is 0 Å². The lowest BCUT2D eigenvalue weighted by molar-refractivity contribution is 0.483. The van der Waals surface area contributed by atoms with Gasteiger partial charge in [0.05, 0.1) is 0 Å². The molecule has 0 unspecified atom stereocenters. The molecule has 1 N–H and O–H groups in total. The molecule has 21 heavy (non-hydrogen) atoms. The SMILES string of the molecule is O=c1[nH]c(-c2cccc(Oc3ccccc3)c2)ncc1Br. The molecule has 4 nitrogen and oxygen atoms in total. The first-order valence-electron chi connectivity index (χ1n) is 6.30. The molecule has 0 saturated carbocycles. The minimum absolute atomic E-state index is 0.214. The Labute approximate surface area is 129 Å². The van der Waals surface area contributed by atoms with E-state index in [0.29, 0.717) is 16.0 Å². The Morgan fingerprint density at radius 1 is 1.00 bits per heavy atom. The number of ether oxygens (including phenoxy) is 1. The molecule has 0 radical (unpaired) electrons. The van der Waals surface area contributed by atoms with E-state index in [0.717, 1.165) is 11.3 Å². The van der Waals surface area contributed by atoms with Gasteiger partial charge < -0.3 is 9.72 Å². The average Bonchev–Trinajstić information content (AvgIpc) is 2.51. The first-order chi connectivity index (χ1) is 10.2. The highest BCUT2D eigenvalue weighted by Crippen LogP contribution is 2.25. The summed E-state index contributed by atoms with van der Waals surface area (Å²) >= 11 is 3.13. The lowest BCUT2D eigenvalue weighted by Gasteiger charge is -2.07. The van der Waals surface area contributed by atoms with Gasteiger partial charge in [-0.15, -0.1) is 0 Å². The highest BCUT2D eigenvalue weighted by Gasteiger charge is 2.05. The number of hydrogen-bond acceptors (Lipinski definition) is 3. The third-order valence-corrected chi connectivity index (χ3v) is 3.41. The van der Waals surface area contributed by atoms with E-state index < -0.39 is 0 Å². The van der Waals surface area contributed by atoms with Crippen LogP contribution in [0.1, 0.15) is 0 Å². The van der Waals surface area contributed by atoms with E-state index >= 15 is 0 Å². The van der Waals surface area contributed by atoms with Crippen LogP contribution < -0.4 is 10.3 Å². The van der Waals surface area contributed by atoms with Crippen LogP contribution >= 0.6 is 15.9 Å². The smallest absolute Gasteiger partial charge is 0.265 e. The summed E-state index contributed by atoms with van der Waals surface area (Å²) in [6, 6.07) is 16.9. The van der Waals surface area contributed by atoms with Crippen LogP contribution in [-0.4, -0.2) is 9.97 Å². The molecule has 0 amide bonds. The molecule has 0 aliphatic carbocycles. The summed E-state index contributed by atoms with van der Waals surface area (Å²) in [5.41, 5.74) is 0.572. The molecule has 104 valence electrons. The van der Waals surface area contributed by atoms with E-state index in [1.165, 1.54) is 6.20 Å². The Hall–Kier alpha value is -2.40. The van der Waals surface area contributed by atoms with Crippen molar-refractivity contribution in [3.05, 3.63) is 75.6 Å². The molecule has 0 fully saturated rings. The molecule has 2 aromatic carbocycles. The number of H-pyrrole nitrogens is 1. The Morgan fingerprint density at radius 2 is 1.76 bits per heavy atom. The maximum Gasteiger partial charge on any atom is 0.265 e. The van der Waals surface area contributed by atoms with Crippen LogP contribution in [0.15, 0.2) is 70.1 Å².